The number of hydrogen-bond acceptors (Lipinski definition) is 3. The normalized spacial score (nSPS) is 45.5. The van der Waals surface area contributed by atoms with Gasteiger partial charge in [0.15, 0.2) is 0 Å². The summed E-state index contributed by atoms with van der Waals surface area (Å²) >= 11 is 0. The summed E-state index contributed by atoms with van der Waals surface area (Å²) in [5, 5.41) is 9.14. The summed E-state index contributed by atoms with van der Waals surface area (Å²) in [6.07, 6.45) is 2.99. The molecule has 1 N–H and O–H groups in total. The van der Waals surface area contributed by atoms with Crippen LogP contribution in [0.2, 0.25) is 0 Å². The molecule has 2 bridgehead atoms. The van der Waals surface area contributed by atoms with Crippen molar-refractivity contribution in [2.45, 2.75) is 26.2 Å². The molecule has 3 heteroatoms. The van der Waals surface area contributed by atoms with Gasteiger partial charge < -0.3 is 9.84 Å². The SMILES string of the molecule is COC(=O)C1(C)CC2CC1CC2CO. The maximum Gasteiger partial charge on any atom is 0.311 e. The first-order valence-corrected chi connectivity index (χ1v) is 5.31. The van der Waals surface area contributed by atoms with Crippen LogP contribution in [-0.2, 0) is 9.53 Å². The average Bonchev–Trinajstić information content (AvgIpc) is 2.73. The lowest BCUT2D eigenvalue weighted by atomic mass is 9.71. The van der Waals surface area contributed by atoms with Gasteiger partial charge in [-0.1, -0.05) is 0 Å². The number of fused-ring (bicyclic) bond motifs is 2. The Morgan fingerprint density at radius 3 is 2.71 bits per heavy atom. The van der Waals surface area contributed by atoms with Gasteiger partial charge in [-0.2, -0.15) is 0 Å². The number of aliphatic hydroxyl groups excluding tert-OH is 1. The van der Waals surface area contributed by atoms with Gasteiger partial charge in [-0.05, 0) is 43.9 Å². The number of hydrogen-bond donors (Lipinski definition) is 1. The Bertz CT molecular complexity index is 251. The van der Waals surface area contributed by atoms with Crippen molar-refractivity contribution in [1.82, 2.24) is 0 Å². The summed E-state index contributed by atoms with van der Waals surface area (Å²) in [7, 11) is 1.46. The van der Waals surface area contributed by atoms with E-state index in [1.807, 2.05) is 6.92 Å². The lowest BCUT2D eigenvalue weighted by Gasteiger charge is -2.33. The zero-order valence-corrected chi connectivity index (χ0v) is 8.82. The van der Waals surface area contributed by atoms with Crippen molar-refractivity contribution in [2.75, 3.05) is 13.7 Å². The van der Waals surface area contributed by atoms with E-state index in [2.05, 4.69) is 0 Å². The molecule has 0 amide bonds. The fraction of sp³-hybridized carbons (Fsp3) is 0.909. The smallest absolute Gasteiger partial charge is 0.311 e. The lowest BCUT2D eigenvalue weighted by Crippen LogP contribution is -2.37. The number of rotatable bonds is 2. The van der Waals surface area contributed by atoms with Gasteiger partial charge in [0.1, 0.15) is 0 Å². The number of methoxy groups -OCH3 is 1. The van der Waals surface area contributed by atoms with E-state index in [0.717, 1.165) is 19.3 Å². The number of ether oxygens (including phenoxy) is 1. The molecule has 2 rings (SSSR count). The molecule has 0 heterocycles. The monoisotopic (exact) mass is 198 g/mol. The van der Waals surface area contributed by atoms with Gasteiger partial charge in [0.05, 0.1) is 12.5 Å². The third-order valence-corrected chi connectivity index (χ3v) is 4.31. The molecule has 0 aromatic carbocycles. The van der Waals surface area contributed by atoms with Crippen LogP contribution in [0.25, 0.3) is 0 Å². The van der Waals surface area contributed by atoms with Crippen LogP contribution < -0.4 is 0 Å². The molecule has 2 saturated carbocycles. The molecule has 0 aliphatic heterocycles. The topological polar surface area (TPSA) is 46.5 Å². The minimum atomic E-state index is -0.273. The highest BCUT2D eigenvalue weighted by Gasteiger charge is 2.56. The molecule has 2 aliphatic rings. The van der Waals surface area contributed by atoms with Crippen molar-refractivity contribution in [2.24, 2.45) is 23.2 Å². The Hall–Kier alpha value is -0.570. The predicted octanol–water partition coefficient (Wildman–Crippen LogP) is 1.20. The molecule has 3 nitrogen and oxygen atoms in total. The molecule has 0 aromatic rings. The second-order valence-electron chi connectivity index (χ2n) is 4.98. The predicted molar refractivity (Wildman–Crippen MR) is 51.5 cm³/mol. The Kier molecular flexibility index (Phi) is 2.30. The molecule has 0 saturated heterocycles. The number of carbonyl (C=O) groups is 1. The quantitative estimate of drug-likeness (QED) is 0.678. The third kappa shape index (κ3) is 1.18. The summed E-state index contributed by atoms with van der Waals surface area (Å²) in [5.41, 5.74) is -0.273. The first kappa shape index (κ1) is 9.97. The van der Waals surface area contributed by atoms with Crippen LogP contribution in [0.15, 0.2) is 0 Å². The van der Waals surface area contributed by atoms with Gasteiger partial charge in [0.25, 0.3) is 0 Å². The van der Waals surface area contributed by atoms with E-state index in [4.69, 9.17) is 9.84 Å². The fourth-order valence-electron chi connectivity index (χ4n) is 3.40. The molecule has 0 spiro atoms. The van der Waals surface area contributed by atoms with E-state index in [9.17, 15) is 4.79 Å². The maximum absolute atomic E-state index is 11.6. The zero-order valence-electron chi connectivity index (χ0n) is 8.82. The molecule has 2 aliphatic carbocycles. The first-order chi connectivity index (χ1) is 6.61. The molecule has 4 unspecified atom stereocenters. The van der Waals surface area contributed by atoms with Gasteiger partial charge in [-0.25, -0.2) is 0 Å². The summed E-state index contributed by atoms with van der Waals surface area (Å²) in [5.74, 6) is 1.32. The van der Waals surface area contributed by atoms with Crippen molar-refractivity contribution in [3.63, 3.8) is 0 Å². The Balaban J connectivity index is 2.12. The summed E-state index contributed by atoms with van der Waals surface area (Å²) in [4.78, 5) is 11.6. The van der Waals surface area contributed by atoms with Crippen molar-refractivity contribution >= 4 is 5.97 Å². The van der Waals surface area contributed by atoms with Gasteiger partial charge in [0.2, 0.25) is 0 Å². The average molecular weight is 198 g/mol. The lowest BCUT2D eigenvalue weighted by molar-refractivity contribution is -0.155. The highest BCUT2D eigenvalue weighted by Crippen LogP contribution is 2.58. The molecule has 2 fully saturated rings. The van der Waals surface area contributed by atoms with Crippen LogP contribution in [0, 0.1) is 23.2 Å². The van der Waals surface area contributed by atoms with Gasteiger partial charge in [-0.15, -0.1) is 0 Å². The van der Waals surface area contributed by atoms with E-state index >= 15 is 0 Å². The molecule has 14 heavy (non-hydrogen) atoms. The molecule has 80 valence electrons. The van der Waals surface area contributed by atoms with Crippen LogP contribution in [0.3, 0.4) is 0 Å². The molecular formula is C11H18O3. The Labute approximate surface area is 84.4 Å². The summed E-state index contributed by atoms with van der Waals surface area (Å²) < 4.78 is 4.86. The maximum atomic E-state index is 11.6. The van der Waals surface area contributed by atoms with E-state index in [-0.39, 0.29) is 18.0 Å². The van der Waals surface area contributed by atoms with Crippen LogP contribution in [-0.4, -0.2) is 24.8 Å². The Morgan fingerprint density at radius 1 is 1.57 bits per heavy atom. The highest BCUT2D eigenvalue weighted by molar-refractivity contribution is 5.77. The third-order valence-electron chi connectivity index (χ3n) is 4.31. The minimum Gasteiger partial charge on any atom is -0.469 e. The van der Waals surface area contributed by atoms with Crippen LogP contribution in [0.4, 0.5) is 0 Å². The second kappa shape index (κ2) is 3.23. The van der Waals surface area contributed by atoms with E-state index in [1.165, 1.54) is 7.11 Å². The minimum absolute atomic E-state index is 0.0682. The molecule has 0 aromatic heterocycles. The van der Waals surface area contributed by atoms with Crippen molar-refractivity contribution < 1.29 is 14.6 Å². The van der Waals surface area contributed by atoms with Gasteiger partial charge in [0, 0.05) is 6.61 Å². The number of aliphatic hydroxyl groups is 1. The molecule has 0 radical (unpaired) electrons. The van der Waals surface area contributed by atoms with Crippen LogP contribution in [0.1, 0.15) is 26.2 Å². The zero-order chi connectivity index (χ0) is 10.3. The largest absolute Gasteiger partial charge is 0.469 e. The van der Waals surface area contributed by atoms with Crippen LogP contribution in [0.5, 0.6) is 0 Å². The van der Waals surface area contributed by atoms with Gasteiger partial charge in [-0.3, -0.25) is 4.79 Å². The van der Waals surface area contributed by atoms with E-state index in [0.29, 0.717) is 17.8 Å². The Morgan fingerprint density at radius 2 is 2.29 bits per heavy atom. The molecule has 4 atom stereocenters. The second-order valence-corrected chi connectivity index (χ2v) is 4.98. The van der Waals surface area contributed by atoms with E-state index < -0.39 is 0 Å². The summed E-state index contributed by atoms with van der Waals surface area (Å²) in [6, 6.07) is 0. The van der Waals surface area contributed by atoms with Crippen molar-refractivity contribution in [3.8, 4) is 0 Å². The molecular weight excluding hydrogens is 180 g/mol. The van der Waals surface area contributed by atoms with E-state index in [1.54, 1.807) is 0 Å². The number of esters is 1. The van der Waals surface area contributed by atoms with Crippen LogP contribution >= 0.6 is 0 Å². The van der Waals surface area contributed by atoms with Crippen molar-refractivity contribution in [3.05, 3.63) is 0 Å². The van der Waals surface area contributed by atoms with Gasteiger partial charge >= 0.3 is 5.97 Å². The van der Waals surface area contributed by atoms with Crippen molar-refractivity contribution in [1.29, 1.82) is 0 Å². The summed E-state index contributed by atoms with van der Waals surface area (Å²) in [6.45, 7) is 2.29. The number of carbonyl (C=O) groups excluding carboxylic acids is 1. The standard InChI is InChI=1S/C11H18O3/c1-11(10(13)14-2)5-7-3-9(11)4-8(7)6-12/h7-9,12H,3-6H2,1-2H3. The first-order valence-electron chi connectivity index (χ1n) is 5.31. The fourth-order valence-corrected chi connectivity index (χ4v) is 3.40. The highest BCUT2D eigenvalue weighted by atomic mass is 16.5.